The summed E-state index contributed by atoms with van der Waals surface area (Å²) in [5.74, 6) is 1.99. The molecule has 1 fully saturated rings. The molecule has 0 radical (unpaired) electrons. The number of nitrogens with two attached hydrogens (primary N) is 1. The van der Waals surface area contributed by atoms with Gasteiger partial charge in [-0.25, -0.2) is 0 Å². The quantitative estimate of drug-likeness (QED) is 0.916. The van der Waals surface area contributed by atoms with Gasteiger partial charge in [-0.05, 0) is 31.0 Å². The van der Waals surface area contributed by atoms with Gasteiger partial charge in [-0.2, -0.15) is 0 Å². The lowest BCUT2D eigenvalue weighted by Gasteiger charge is -2.34. The zero-order valence-corrected chi connectivity index (χ0v) is 11.1. The average molecular weight is 261 g/mol. The fourth-order valence-corrected chi connectivity index (χ4v) is 2.46. The molecule has 19 heavy (non-hydrogen) atoms. The second-order valence-electron chi connectivity index (χ2n) is 5.32. The first-order valence-electron chi connectivity index (χ1n) is 6.70. The molecule has 1 saturated heterocycles. The van der Waals surface area contributed by atoms with Gasteiger partial charge in [0.2, 0.25) is 5.76 Å². The molecule has 3 rings (SSSR count). The maximum absolute atomic E-state index is 6.10. The summed E-state index contributed by atoms with van der Waals surface area (Å²) in [5, 5.41) is 4.09. The number of furan rings is 1. The van der Waals surface area contributed by atoms with Gasteiger partial charge in [0.15, 0.2) is 5.76 Å². The van der Waals surface area contributed by atoms with Gasteiger partial charge in [0.25, 0.3) is 0 Å². The first-order valence-corrected chi connectivity index (χ1v) is 6.70. The average Bonchev–Trinajstić information content (AvgIpc) is 3.04. The van der Waals surface area contributed by atoms with Crippen LogP contribution in [0.25, 0.3) is 11.5 Å². The van der Waals surface area contributed by atoms with Crippen molar-refractivity contribution in [3.8, 4) is 11.5 Å². The number of likely N-dealkylation sites (tertiary alicyclic amines) is 1. The zero-order valence-electron chi connectivity index (χ0n) is 11.1. The highest BCUT2D eigenvalue weighted by molar-refractivity contribution is 5.49. The van der Waals surface area contributed by atoms with Crippen LogP contribution in [-0.2, 0) is 6.54 Å². The Bertz CT molecular complexity index is 521. The van der Waals surface area contributed by atoms with Crippen molar-refractivity contribution in [2.75, 3.05) is 13.1 Å². The van der Waals surface area contributed by atoms with E-state index >= 15 is 0 Å². The highest BCUT2D eigenvalue weighted by Crippen LogP contribution is 2.22. The molecular formula is C14H19N3O2. The molecule has 5 nitrogen and oxygen atoms in total. The van der Waals surface area contributed by atoms with E-state index < -0.39 is 0 Å². The van der Waals surface area contributed by atoms with E-state index in [9.17, 15) is 0 Å². The number of piperidine rings is 1. The van der Waals surface area contributed by atoms with E-state index in [0.717, 1.165) is 31.7 Å². The van der Waals surface area contributed by atoms with Gasteiger partial charge in [-0.3, -0.25) is 4.90 Å². The summed E-state index contributed by atoms with van der Waals surface area (Å²) in [7, 11) is 0. The molecule has 3 heterocycles. The summed E-state index contributed by atoms with van der Waals surface area (Å²) in [6.07, 6.45) is 2.77. The van der Waals surface area contributed by atoms with Crippen molar-refractivity contribution in [2.45, 2.75) is 25.9 Å². The Kier molecular flexibility index (Phi) is 3.40. The Hall–Kier alpha value is -1.59. The van der Waals surface area contributed by atoms with Crippen molar-refractivity contribution >= 4 is 0 Å². The molecule has 2 atom stereocenters. The van der Waals surface area contributed by atoms with Crippen LogP contribution in [0.15, 0.2) is 33.4 Å². The third kappa shape index (κ3) is 2.72. The molecule has 102 valence electrons. The SMILES string of the molecule is CC1CCN(Cc2cc(-c3ccco3)on2)CC1N. The summed E-state index contributed by atoms with van der Waals surface area (Å²) >= 11 is 0. The Morgan fingerprint density at radius 3 is 3.11 bits per heavy atom. The molecule has 1 aliphatic rings. The first-order chi connectivity index (χ1) is 9.22. The van der Waals surface area contributed by atoms with Gasteiger partial charge in [0.05, 0.1) is 12.0 Å². The number of rotatable bonds is 3. The van der Waals surface area contributed by atoms with Crippen LogP contribution in [0.3, 0.4) is 0 Å². The van der Waals surface area contributed by atoms with Crippen LogP contribution < -0.4 is 5.73 Å². The monoisotopic (exact) mass is 261 g/mol. The van der Waals surface area contributed by atoms with Crippen LogP contribution in [0, 0.1) is 5.92 Å². The third-order valence-electron chi connectivity index (χ3n) is 3.81. The van der Waals surface area contributed by atoms with Gasteiger partial charge in [-0.15, -0.1) is 0 Å². The normalized spacial score (nSPS) is 24.7. The lowest BCUT2D eigenvalue weighted by molar-refractivity contribution is 0.159. The minimum atomic E-state index is 0.255. The van der Waals surface area contributed by atoms with E-state index in [1.165, 1.54) is 0 Å². The van der Waals surface area contributed by atoms with E-state index in [0.29, 0.717) is 17.4 Å². The van der Waals surface area contributed by atoms with E-state index in [1.807, 2.05) is 18.2 Å². The Morgan fingerprint density at radius 1 is 1.47 bits per heavy atom. The van der Waals surface area contributed by atoms with E-state index in [4.69, 9.17) is 14.7 Å². The van der Waals surface area contributed by atoms with Crippen molar-refractivity contribution in [1.29, 1.82) is 0 Å². The van der Waals surface area contributed by atoms with Gasteiger partial charge in [-0.1, -0.05) is 12.1 Å². The van der Waals surface area contributed by atoms with Crippen molar-refractivity contribution in [3.63, 3.8) is 0 Å². The molecule has 0 aliphatic carbocycles. The first kappa shape index (κ1) is 12.4. The molecule has 2 aromatic heterocycles. The number of aromatic nitrogens is 1. The highest BCUT2D eigenvalue weighted by atomic mass is 16.5. The summed E-state index contributed by atoms with van der Waals surface area (Å²) in [6, 6.07) is 5.89. The maximum atomic E-state index is 6.10. The van der Waals surface area contributed by atoms with Crippen molar-refractivity contribution in [1.82, 2.24) is 10.1 Å². The lowest BCUT2D eigenvalue weighted by atomic mass is 9.94. The fourth-order valence-electron chi connectivity index (χ4n) is 2.46. The molecule has 0 aromatic carbocycles. The predicted molar refractivity (Wildman–Crippen MR) is 71.2 cm³/mol. The molecule has 0 saturated carbocycles. The number of nitrogens with zero attached hydrogens (tertiary/aromatic N) is 2. The van der Waals surface area contributed by atoms with E-state index in [-0.39, 0.29) is 6.04 Å². The van der Waals surface area contributed by atoms with E-state index in [1.54, 1.807) is 6.26 Å². The second-order valence-corrected chi connectivity index (χ2v) is 5.32. The molecule has 0 spiro atoms. The third-order valence-corrected chi connectivity index (χ3v) is 3.81. The summed E-state index contributed by atoms with van der Waals surface area (Å²) in [4.78, 5) is 2.33. The number of hydrogen-bond donors (Lipinski definition) is 1. The Balaban J connectivity index is 1.64. The highest BCUT2D eigenvalue weighted by Gasteiger charge is 2.23. The maximum Gasteiger partial charge on any atom is 0.202 e. The van der Waals surface area contributed by atoms with Crippen molar-refractivity contribution in [2.24, 2.45) is 11.7 Å². The van der Waals surface area contributed by atoms with Crippen molar-refractivity contribution < 1.29 is 8.94 Å². The Morgan fingerprint density at radius 2 is 2.37 bits per heavy atom. The van der Waals surface area contributed by atoms with Crippen LogP contribution in [-0.4, -0.2) is 29.2 Å². The van der Waals surface area contributed by atoms with Gasteiger partial charge in [0.1, 0.15) is 0 Å². The minimum Gasteiger partial charge on any atom is -0.461 e. The van der Waals surface area contributed by atoms with Gasteiger partial charge >= 0.3 is 0 Å². The van der Waals surface area contributed by atoms with Crippen molar-refractivity contribution in [3.05, 3.63) is 30.2 Å². The Labute approximate surface area is 112 Å². The van der Waals surface area contributed by atoms with Crippen LogP contribution in [0.4, 0.5) is 0 Å². The largest absolute Gasteiger partial charge is 0.461 e. The summed E-state index contributed by atoms with van der Waals surface area (Å²) < 4.78 is 10.6. The van der Waals surface area contributed by atoms with Crippen LogP contribution in [0.2, 0.25) is 0 Å². The smallest absolute Gasteiger partial charge is 0.202 e. The molecule has 2 N–H and O–H groups in total. The van der Waals surface area contributed by atoms with Crippen LogP contribution in [0.1, 0.15) is 19.0 Å². The number of hydrogen-bond acceptors (Lipinski definition) is 5. The summed E-state index contributed by atoms with van der Waals surface area (Å²) in [6.45, 7) is 4.99. The molecule has 2 aromatic rings. The molecule has 0 bridgehead atoms. The van der Waals surface area contributed by atoms with Gasteiger partial charge in [0, 0.05) is 25.2 Å². The molecule has 1 aliphatic heterocycles. The fraction of sp³-hybridized carbons (Fsp3) is 0.500. The second kappa shape index (κ2) is 5.19. The van der Waals surface area contributed by atoms with E-state index in [2.05, 4.69) is 17.0 Å². The zero-order chi connectivity index (χ0) is 13.2. The minimum absolute atomic E-state index is 0.255. The standard InChI is InChI=1S/C14H19N3O2/c1-10-4-5-17(9-12(10)15)8-11-7-14(19-16-11)13-3-2-6-18-13/h2-3,6-7,10,12H,4-5,8-9,15H2,1H3. The molecule has 2 unspecified atom stereocenters. The molecule has 5 heteroatoms. The van der Waals surface area contributed by atoms with Crippen LogP contribution in [0.5, 0.6) is 0 Å². The predicted octanol–water partition coefficient (Wildman–Crippen LogP) is 2.10. The molecule has 0 amide bonds. The van der Waals surface area contributed by atoms with Gasteiger partial charge < -0.3 is 14.7 Å². The van der Waals surface area contributed by atoms with Crippen LogP contribution >= 0.6 is 0 Å². The topological polar surface area (TPSA) is 68.4 Å². The summed E-state index contributed by atoms with van der Waals surface area (Å²) in [5.41, 5.74) is 7.03. The lowest BCUT2D eigenvalue weighted by Crippen LogP contribution is -2.47. The molecular weight excluding hydrogens is 242 g/mol.